The molecule has 1 fully saturated rings. The summed E-state index contributed by atoms with van der Waals surface area (Å²) in [7, 11) is 0. The maximum absolute atomic E-state index is 13.9. The van der Waals surface area contributed by atoms with Gasteiger partial charge in [-0.05, 0) is 115 Å². The predicted molar refractivity (Wildman–Crippen MR) is 207 cm³/mol. The molecule has 0 saturated heterocycles. The van der Waals surface area contributed by atoms with Crippen LogP contribution in [0.1, 0.15) is 68.9 Å². The van der Waals surface area contributed by atoms with E-state index in [1.807, 2.05) is 18.3 Å². The maximum Gasteiger partial charge on any atom is 0.137 e. The molecule has 0 radical (unpaired) electrons. The quantitative estimate of drug-likeness (QED) is 0.169. The molecule has 0 spiro atoms. The second kappa shape index (κ2) is 12.9. The van der Waals surface area contributed by atoms with Crippen LogP contribution in [0.3, 0.4) is 0 Å². The number of ether oxygens (including phenoxy) is 1. The van der Waals surface area contributed by atoms with Gasteiger partial charge < -0.3 is 14.5 Å². The highest BCUT2D eigenvalue weighted by molar-refractivity contribution is 6.09. The molecule has 0 amide bonds. The molecule has 2 aromatic heterocycles. The number of hydrogen-bond acceptors (Lipinski definition) is 4. The summed E-state index contributed by atoms with van der Waals surface area (Å²) in [6, 6.07) is 41.3. The van der Waals surface area contributed by atoms with Crippen LogP contribution in [0.2, 0.25) is 0 Å². The van der Waals surface area contributed by atoms with Crippen LogP contribution < -0.4 is 14.5 Å². The van der Waals surface area contributed by atoms with E-state index in [0.29, 0.717) is 18.5 Å². The van der Waals surface area contributed by atoms with Crippen molar-refractivity contribution < 1.29 is 9.13 Å². The minimum atomic E-state index is -0.232. The summed E-state index contributed by atoms with van der Waals surface area (Å²) < 4.78 is 23.0. The van der Waals surface area contributed by atoms with Gasteiger partial charge >= 0.3 is 0 Å². The van der Waals surface area contributed by atoms with Gasteiger partial charge in [-0.3, -0.25) is 4.57 Å². The Kier molecular flexibility index (Phi) is 7.95. The number of benzene rings is 5. The molecule has 0 N–H and O–H groups in total. The summed E-state index contributed by atoms with van der Waals surface area (Å²) in [5.74, 6) is 3.18. The Hall–Kier alpha value is -5.62. The molecular weight excluding hydrogens is 632 g/mol. The Morgan fingerprint density at radius 1 is 0.667 bits per heavy atom. The highest BCUT2D eigenvalue weighted by Gasteiger charge is 2.29. The molecule has 0 unspecified atom stereocenters. The number of halogens is 1. The molecule has 0 bridgehead atoms. The SMILES string of the molecule is CC(C)c1ccnc(-n2c3ccccc3c3ccc(Oc4cc(C5CCCCC5)cc(N5CN(c6ccc(F)cc6)c6ccccc65)c4)cc32)c1. The molecule has 5 aromatic carbocycles. The number of aromatic nitrogens is 2. The van der Waals surface area contributed by atoms with Gasteiger partial charge in [0.25, 0.3) is 0 Å². The second-order valence-electron chi connectivity index (χ2n) is 14.3. The molecule has 3 heterocycles. The van der Waals surface area contributed by atoms with Crippen molar-refractivity contribution in [1.82, 2.24) is 9.55 Å². The first-order valence-corrected chi connectivity index (χ1v) is 18.2. The van der Waals surface area contributed by atoms with Crippen molar-refractivity contribution in [2.24, 2.45) is 0 Å². The van der Waals surface area contributed by atoms with Crippen LogP contribution in [0.15, 0.2) is 128 Å². The van der Waals surface area contributed by atoms with E-state index in [-0.39, 0.29) is 5.82 Å². The largest absolute Gasteiger partial charge is 0.457 e. The van der Waals surface area contributed by atoms with Crippen molar-refractivity contribution in [1.29, 1.82) is 0 Å². The van der Waals surface area contributed by atoms with Gasteiger partial charge in [-0.25, -0.2) is 9.37 Å². The van der Waals surface area contributed by atoms with E-state index in [1.165, 1.54) is 66.1 Å². The molecule has 254 valence electrons. The third-order valence-electron chi connectivity index (χ3n) is 10.7. The fourth-order valence-electron chi connectivity index (χ4n) is 8.08. The van der Waals surface area contributed by atoms with E-state index in [0.717, 1.165) is 51.1 Å². The average Bonchev–Trinajstić information content (AvgIpc) is 3.72. The molecule has 1 saturated carbocycles. The van der Waals surface area contributed by atoms with Gasteiger partial charge in [0.15, 0.2) is 0 Å². The number of hydrogen-bond donors (Lipinski definition) is 0. The molecule has 2 aliphatic rings. The van der Waals surface area contributed by atoms with Crippen LogP contribution in [-0.2, 0) is 0 Å². The van der Waals surface area contributed by atoms with Crippen LogP contribution in [0, 0.1) is 5.82 Å². The Morgan fingerprint density at radius 3 is 2.18 bits per heavy atom. The summed E-state index contributed by atoms with van der Waals surface area (Å²) in [5.41, 5.74) is 9.04. The van der Waals surface area contributed by atoms with Gasteiger partial charge in [-0.1, -0.05) is 63.4 Å². The lowest BCUT2D eigenvalue weighted by atomic mass is 9.84. The fourth-order valence-corrected chi connectivity index (χ4v) is 8.08. The molecule has 0 atom stereocenters. The first kappa shape index (κ1) is 31.4. The summed E-state index contributed by atoms with van der Waals surface area (Å²) in [4.78, 5) is 9.44. The number of pyridine rings is 1. The lowest BCUT2D eigenvalue weighted by Gasteiger charge is -2.26. The number of fused-ring (bicyclic) bond motifs is 4. The van der Waals surface area contributed by atoms with Crippen molar-refractivity contribution >= 4 is 44.6 Å². The van der Waals surface area contributed by atoms with Gasteiger partial charge in [0.1, 0.15) is 29.8 Å². The predicted octanol–water partition coefficient (Wildman–Crippen LogP) is 12.5. The first-order chi connectivity index (χ1) is 25.0. The van der Waals surface area contributed by atoms with Gasteiger partial charge in [0.2, 0.25) is 0 Å². The van der Waals surface area contributed by atoms with Crippen LogP contribution in [0.5, 0.6) is 11.5 Å². The standard InChI is InChI=1S/C45H41FN4O/c1-30(2)32-22-23-47-45(26-32)50-41-13-7-6-12-39(41)40-21-20-37(28-44(40)50)51-38-25-33(31-10-4-3-5-11-31)24-36(27-38)49-29-48(35-18-16-34(46)17-19-35)42-14-8-9-15-43(42)49/h6-9,12-28,30-31H,3-5,10-11,29H2,1-2H3. The molecule has 51 heavy (non-hydrogen) atoms. The van der Waals surface area contributed by atoms with Crippen molar-refractivity contribution in [2.45, 2.75) is 57.8 Å². The fraction of sp³-hybridized carbons (Fsp3) is 0.222. The minimum absolute atomic E-state index is 0.232. The first-order valence-electron chi connectivity index (χ1n) is 18.2. The summed E-state index contributed by atoms with van der Waals surface area (Å²) in [6.45, 7) is 5.05. The van der Waals surface area contributed by atoms with Crippen LogP contribution >= 0.6 is 0 Å². The van der Waals surface area contributed by atoms with Crippen LogP contribution in [0.25, 0.3) is 27.6 Å². The zero-order valence-electron chi connectivity index (χ0n) is 29.1. The van der Waals surface area contributed by atoms with Crippen molar-refractivity contribution in [3.63, 3.8) is 0 Å². The Morgan fingerprint density at radius 2 is 1.39 bits per heavy atom. The number of anilines is 4. The smallest absolute Gasteiger partial charge is 0.137 e. The van der Waals surface area contributed by atoms with E-state index in [1.54, 1.807) is 0 Å². The van der Waals surface area contributed by atoms with Gasteiger partial charge in [0, 0.05) is 40.5 Å². The number of para-hydroxylation sites is 3. The lowest BCUT2D eigenvalue weighted by Crippen LogP contribution is -2.24. The highest BCUT2D eigenvalue weighted by atomic mass is 19.1. The Labute approximate surface area is 298 Å². The van der Waals surface area contributed by atoms with Gasteiger partial charge in [-0.2, -0.15) is 0 Å². The summed E-state index contributed by atoms with van der Waals surface area (Å²) in [6.07, 6.45) is 8.10. The monoisotopic (exact) mass is 672 g/mol. The third kappa shape index (κ3) is 5.79. The van der Waals surface area contributed by atoms with E-state index >= 15 is 0 Å². The van der Waals surface area contributed by atoms with E-state index in [4.69, 9.17) is 9.72 Å². The maximum atomic E-state index is 13.9. The lowest BCUT2D eigenvalue weighted by molar-refractivity contribution is 0.439. The third-order valence-corrected chi connectivity index (χ3v) is 10.7. The average molecular weight is 673 g/mol. The molecule has 7 aromatic rings. The van der Waals surface area contributed by atoms with E-state index in [2.05, 4.69) is 125 Å². The van der Waals surface area contributed by atoms with Gasteiger partial charge in [0.05, 0.1) is 22.4 Å². The summed E-state index contributed by atoms with van der Waals surface area (Å²) >= 11 is 0. The Balaban J connectivity index is 1.14. The zero-order chi connectivity index (χ0) is 34.5. The molecule has 1 aliphatic carbocycles. The summed E-state index contributed by atoms with van der Waals surface area (Å²) in [5, 5.41) is 2.36. The van der Waals surface area contributed by atoms with Gasteiger partial charge in [-0.15, -0.1) is 0 Å². The molecular formula is C45H41FN4O. The number of rotatable bonds is 7. The molecule has 9 rings (SSSR count). The highest BCUT2D eigenvalue weighted by Crippen LogP contribution is 2.47. The molecule has 5 nitrogen and oxygen atoms in total. The van der Waals surface area contributed by atoms with Crippen molar-refractivity contribution in [2.75, 3.05) is 16.5 Å². The topological polar surface area (TPSA) is 33.5 Å². The molecule has 1 aliphatic heterocycles. The van der Waals surface area contributed by atoms with E-state index in [9.17, 15) is 4.39 Å². The molecule has 6 heteroatoms. The normalized spacial score (nSPS) is 14.9. The van der Waals surface area contributed by atoms with E-state index < -0.39 is 0 Å². The van der Waals surface area contributed by atoms with Crippen LogP contribution in [-0.4, -0.2) is 16.2 Å². The number of nitrogens with zero attached hydrogens (tertiary/aromatic N) is 4. The Bertz CT molecular complexity index is 2370. The van der Waals surface area contributed by atoms with Crippen molar-refractivity contribution in [3.8, 4) is 17.3 Å². The minimum Gasteiger partial charge on any atom is -0.457 e. The van der Waals surface area contributed by atoms with Crippen molar-refractivity contribution in [3.05, 3.63) is 144 Å². The van der Waals surface area contributed by atoms with Crippen LogP contribution in [0.4, 0.5) is 27.1 Å². The zero-order valence-corrected chi connectivity index (χ0v) is 29.1. The second-order valence-corrected chi connectivity index (χ2v) is 14.3.